The van der Waals surface area contributed by atoms with E-state index in [1.54, 1.807) is 0 Å². The van der Waals surface area contributed by atoms with E-state index in [0.29, 0.717) is 44.9 Å². The number of aromatic amines is 1. The van der Waals surface area contributed by atoms with Crippen molar-refractivity contribution in [2.24, 2.45) is 0 Å². The largest absolute Gasteiger partial charge is 0.381 e. The molecule has 34 heavy (non-hydrogen) atoms. The van der Waals surface area contributed by atoms with Crippen LogP contribution in [0.4, 0.5) is 0 Å². The van der Waals surface area contributed by atoms with Crippen LogP contribution in [-0.4, -0.2) is 63.4 Å². The van der Waals surface area contributed by atoms with Crippen LogP contribution < -0.4 is 0 Å². The fourth-order valence-electron chi connectivity index (χ4n) is 5.89. The molecule has 7 nitrogen and oxygen atoms in total. The first-order valence-electron chi connectivity index (χ1n) is 12.3. The Morgan fingerprint density at radius 2 is 1.79 bits per heavy atom. The lowest BCUT2D eigenvalue weighted by Gasteiger charge is -2.45. The summed E-state index contributed by atoms with van der Waals surface area (Å²) in [7, 11) is 0. The van der Waals surface area contributed by atoms with Gasteiger partial charge in [-0.05, 0) is 49.4 Å². The van der Waals surface area contributed by atoms with Crippen molar-refractivity contribution in [3.63, 3.8) is 0 Å². The molecule has 0 bridgehead atoms. The van der Waals surface area contributed by atoms with E-state index in [2.05, 4.69) is 11.1 Å². The lowest BCUT2D eigenvalue weighted by molar-refractivity contribution is -0.137. The normalized spacial score (nSPS) is 20.6. The molecule has 1 N–H and O–H groups in total. The highest BCUT2D eigenvalue weighted by molar-refractivity contribution is 5.99. The monoisotopic (exact) mass is 458 g/mol. The maximum Gasteiger partial charge on any atom is 0.254 e. The molecule has 2 saturated heterocycles. The Kier molecular flexibility index (Phi) is 5.37. The van der Waals surface area contributed by atoms with Gasteiger partial charge in [0.2, 0.25) is 5.91 Å². The fourth-order valence-corrected chi connectivity index (χ4v) is 5.89. The molecule has 3 aromatic rings. The number of hydrogen-bond acceptors (Lipinski definition) is 4. The number of piperidine rings is 1. The zero-order chi connectivity index (χ0) is 23.1. The number of para-hydroxylation sites is 2. The first kappa shape index (κ1) is 21.4. The van der Waals surface area contributed by atoms with Crippen molar-refractivity contribution in [3.05, 3.63) is 65.5 Å². The number of H-pyrrole nitrogens is 1. The van der Waals surface area contributed by atoms with Gasteiger partial charge in [0.25, 0.3) is 5.91 Å². The maximum atomic E-state index is 13.5. The average Bonchev–Trinajstić information content (AvgIpc) is 3.46. The predicted molar refractivity (Wildman–Crippen MR) is 128 cm³/mol. The van der Waals surface area contributed by atoms with Crippen molar-refractivity contribution in [1.82, 2.24) is 19.8 Å². The zero-order valence-electron chi connectivity index (χ0n) is 19.3. The Balaban J connectivity index is 1.15. The van der Waals surface area contributed by atoms with Gasteiger partial charge in [0.05, 0.1) is 23.0 Å². The molecule has 0 atom stereocenters. The molecule has 0 saturated carbocycles. The number of nitrogens with one attached hydrogen (secondary N) is 1. The number of carbonyl (C=O) groups excluding carboxylic acids is 2. The van der Waals surface area contributed by atoms with Gasteiger partial charge in [0, 0.05) is 44.3 Å². The minimum atomic E-state index is -0.471. The van der Waals surface area contributed by atoms with Gasteiger partial charge in [-0.25, -0.2) is 4.98 Å². The van der Waals surface area contributed by atoms with Gasteiger partial charge in [0.1, 0.15) is 5.82 Å². The van der Waals surface area contributed by atoms with Crippen LogP contribution >= 0.6 is 0 Å². The van der Waals surface area contributed by atoms with Gasteiger partial charge in [0.15, 0.2) is 0 Å². The summed E-state index contributed by atoms with van der Waals surface area (Å²) in [5.74, 6) is 1.56. The predicted octanol–water partition coefficient (Wildman–Crippen LogP) is 3.86. The molecule has 2 amide bonds. The summed E-state index contributed by atoms with van der Waals surface area (Å²) in [4.78, 5) is 39.0. The topological polar surface area (TPSA) is 78.5 Å². The third-order valence-corrected chi connectivity index (χ3v) is 7.94. The molecule has 2 fully saturated rings. The molecule has 1 aromatic heterocycles. The molecule has 2 aromatic carbocycles. The van der Waals surface area contributed by atoms with Gasteiger partial charge in [-0.15, -0.1) is 0 Å². The summed E-state index contributed by atoms with van der Waals surface area (Å²) in [6.45, 7) is 3.20. The number of ether oxygens (including phenoxy) is 1. The highest BCUT2D eigenvalue weighted by Gasteiger charge is 2.46. The SMILES string of the molecule is O=C(CC1(N2Cc3ccccc3C2=O)CCOCC1)N1CCC(c2nc3ccccc3[nH]2)CC1. The standard InChI is InChI=1S/C27H30N4O3/c32-24(30-13-9-19(10-14-30)25-28-22-7-3-4-8-23(22)29-25)17-27(11-15-34-16-12-27)31-18-20-5-1-2-6-21(20)26(31)33/h1-8,19H,9-18H2,(H,28,29). The van der Waals surface area contributed by atoms with Crippen LogP contribution in [0.2, 0.25) is 0 Å². The number of carbonyl (C=O) groups is 2. The summed E-state index contributed by atoms with van der Waals surface area (Å²) in [5.41, 5.74) is 3.41. The molecule has 6 rings (SSSR count). The number of hydrogen-bond donors (Lipinski definition) is 1. The highest BCUT2D eigenvalue weighted by Crippen LogP contribution is 2.39. The molecule has 3 aliphatic heterocycles. The number of nitrogens with zero attached hydrogens (tertiary/aromatic N) is 3. The van der Waals surface area contributed by atoms with Crippen LogP contribution in [0.3, 0.4) is 0 Å². The van der Waals surface area contributed by atoms with Crippen molar-refractivity contribution in [3.8, 4) is 0 Å². The number of likely N-dealkylation sites (tertiary alicyclic amines) is 1. The summed E-state index contributed by atoms with van der Waals surface area (Å²) in [6, 6.07) is 15.9. The van der Waals surface area contributed by atoms with E-state index in [4.69, 9.17) is 9.72 Å². The van der Waals surface area contributed by atoms with Gasteiger partial charge >= 0.3 is 0 Å². The minimum Gasteiger partial charge on any atom is -0.381 e. The number of imidazole rings is 1. The van der Waals surface area contributed by atoms with Crippen molar-refractivity contribution in [2.75, 3.05) is 26.3 Å². The van der Waals surface area contributed by atoms with E-state index in [-0.39, 0.29) is 11.8 Å². The fraction of sp³-hybridized carbons (Fsp3) is 0.444. The van der Waals surface area contributed by atoms with Gasteiger partial charge in [-0.3, -0.25) is 9.59 Å². The number of benzene rings is 2. The van der Waals surface area contributed by atoms with Crippen LogP contribution in [0.15, 0.2) is 48.5 Å². The molecular weight excluding hydrogens is 428 g/mol. The van der Waals surface area contributed by atoms with Gasteiger partial charge < -0.3 is 19.5 Å². The maximum absolute atomic E-state index is 13.5. The van der Waals surface area contributed by atoms with Crippen LogP contribution in [0.1, 0.15) is 59.8 Å². The Hall–Kier alpha value is -3.19. The van der Waals surface area contributed by atoms with Crippen molar-refractivity contribution < 1.29 is 14.3 Å². The summed E-state index contributed by atoms with van der Waals surface area (Å²) >= 11 is 0. The summed E-state index contributed by atoms with van der Waals surface area (Å²) in [5, 5.41) is 0. The Bertz CT molecular complexity index is 1190. The summed E-state index contributed by atoms with van der Waals surface area (Å²) in [6.07, 6.45) is 3.57. The molecule has 7 heteroatoms. The first-order chi connectivity index (χ1) is 16.6. The Labute approximate surface area is 199 Å². The van der Waals surface area contributed by atoms with E-state index in [0.717, 1.165) is 53.9 Å². The first-order valence-corrected chi connectivity index (χ1v) is 12.3. The molecule has 176 valence electrons. The second-order valence-corrected chi connectivity index (χ2v) is 9.86. The molecule has 3 aliphatic rings. The van der Waals surface area contributed by atoms with E-state index in [1.807, 2.05) is 52.3 Å². The minimum absolute atomic E-state index is 0.0499. The van der Waals surface area contributed by atoms with Crippen LogP contribution in [0, 0.1) is 0 Å². The van der Waals surface area contributed by atoms with E-state index in [1.165, 1.54) is 0 Å². The summed E-state index contributed by atoms with van der Waals surface area (Å²) < 4.78 is 5.64. The molecule has 0 radical (unpaired) electrons. The van der Waals surface area contributed by atoms with E-state index in [9.17, 15) is 9.59 Å². The van der Waals surface area contributed by atoms with Gasteiger partial charge in [-0.2, -0.15) is 0 Å². The number of fused-ring (bicyclic) bond motifs is 2. The molecular formula is C27H30N4O3. The molecule has 4 heterocycles. The van der Waals surface area contributed by atoms with Crippen molar-refractivity contribution in [1.29, 1.82) is 0 Å². The highest BCUT2D eigenvalue weighted by atomic mass is 16.5. The van der Waals surface area contributed by atoms with E-state index >= 15 is 0 Å². The Morgan fingerprint density at radius 1 is 1.06 bits per heavy atom. The van der Waals surface area contributed by atoms with Crippen LogP contribution in [0.5, 0.6) is 0 Å². The smallest absolute Gasteiger partial charge is 0.254 e. The van der Waals surface area contributed by atoms with Crippen LogP contribution in [-0.2, 0) is 16.1 Å². The quantitative estimate of drug-likeness (QED) is 0.644. The zero-order valence-corrected chi connectivity index (χ0v) is 19.3. The molecule has 0 aliphatic carbocycles. The lowest BCUT2D eigenvalue weighted by atomic mass is 9.83. The number of amides is 2. The lowest BCUT2D eigenvalue weighted by Crippen LogP contribution is -2.55. The van der Waals surface area contributed by atoms with Crippen molar-refractivity contribution >= 4 is 22.8 Å². The third-order valence-electron chi connectivity index (χ3n) is 7.94. The van der Waals surface area contributed by atoms with Gasteiger partial charge in [-0.1, -0.05) is 30.3 Å². The number of aromatic nitrogens is 2. The van der Waals surface area contributed by atoms with E-state index < -0.39 is 5.54 Å². The molecule has 0 unspecified atom stereocenters. The van der Waals surface area contributed by atoms with Crippen molar-refractivity contribution in [2.45, 2.75) is 50.1 Å². The molecule has 0 spiro atoms. The number of rotatable bonds is 4. The Morgan fingerprint density at radius 3 is 2.56 bits per heavy atom. The second kappa shape index (κ2) is 8.55. The third kappa shape index (κ3) is 3.68. The van der Waals surface area contributed by atoms with Crippen LogP contribution in [0.25, 0.3) is 11.0 Å². The second-order valence-electron chi connectivity index (χ2n) is 9.86. The average molecular weight is 459 g/mol.